The average molecular weight is 564 g/mol. The molecular formula is C41H30N2. The van der Waals surface area contributed by atoms with Gasteiger partial charge in [-0.25, -0.2) is 4.98 Å². The third-order valence-electron chi connectivity index (χ3n) is 7.70. The first-order valence-corrected chi connectivity index (χ1v) is 13.9. The number of benzene rings is 7. The number of rotatable bonds is 5. The van der Waals surface area contributed by atoms with E-state index in [4.69, 9.17) is 17.3 Å². The van der Waals surface area contributed by atoms with E-state index in [9.17, 15) is 5.48 Å². The van der Waals surface area contributed by atoms with E-state index in [0.717, 1.165) is 11.0 Å². The molecule has 0 spiro atoms. The van der Waals surface area contributed by atoms with Gasteiger partial charge in [-0.15, -0.1) is 0 Å². The Kier molecular flexibility index (Phi) is 3.67. The molecule has 0 bridgehead atoms. The molecule has 0 atom stereocenters. The Balaban J connectivity index is 1.67. The van der Waals surface area contributed by atoms with Gasteiger partial charge in [0, 0.05) is 12.0 Å². The Morgan fingerprint density at radius 1 is 0.558 bits per heavy atom. The van der Waals surface area contributed by atoms with Crippen LogP contribution in [0.4, 0.5) is 0 Å². The minimum absolute atomic E-state index is 0.0000276. The quantitative estimate of drug-likeness (QED) is 0.190. The van der Waals surface area contributed by atoms with Gasteiger partial charge in [0.25, 0.3) is 0 Å². The number of hydrogen-bond donors (Lipinski definition) is 0. The fraction of sp³-hybridized carbons (Fsp3) is 0.0488. The van der Waals surface area contributed by atoms with Crippen LogP contribution in [0, 0.1) is 0 Å². The van der Waals surface area contributed by atoms with Crippen LogP contribution in [0.2, 0.25) is 0 Å². The van der Waals surface area contributed by atoms with Gasteiger partial charge in [-0.05, 0) is 67.6 Å². The Morgan fingerprint density at radius 2 is 1.07 bits per heavy atom. The molecule has 2 nitrogen and oxygen atoms in total. The normalized spacial score (nSPS) is 15.7. The standard InChI is InChI=1S/C41H30N2/c1-2-39-42-36-25-13-15-27-38(36)43(39)37-26-14-12-24-35(37)41-33-22-10-8-20-31(33)40(32-21-9-11-23-34(32)41)30-19-7-6-18-29(30)28-16-4-3-5-17-28/h3-27H,2H2,1H3/i3D,4D,5D,8D,9D,10D,11D,16D,17D,20D,21D,22D,23D. The predicted molar refractivity (Wildman–Crippen MR) is 182 cm³/mol. The van der Waals surface area contributed by atoms with Crippen LogP contribution in [0.25, 0.3) is 71.6 Å². The molecular weight excluding hydrogens is 520 g/mol. The first-order chi connectivity index (χ1) is 26.7. The highest BCUT2D eigenvalue weighted by Gasteiger charge is 2.21. The lowest BCUT2D eigenvalue weighted by atomic mass is 9.83. The van der Waals surface area contributed by atoms with Crippen molar-refractivity contribution < 1.29 is 17.8 Å². The number of imidazole rings is 1. The second-order valence-corrected chi connectivity index (χ2v) is 10.0. The van der Waals surface area contributed by atoms with E-state index < -0.39 is 78.6 Å². The molecule has 2 heteroatoms. The maximum atomic E-state index is 9.46. The van der Waals surface area contributed by atoms with Crippen molar-refractivity contribution in [1.82, 2.24) is 9.55 Å². The topological polar surface area (TPSA) is 17.8 Å². The average Bonchev–Trinajstić information content (AvgIpc) is 3.59. The first-order valence-electron chi connectivity index (χ1n) is 20.4. The molecule has 8 aromatic rings. The summed E-state index contributed by atoms with van der Waals surface area (Å²) in [4.78, 5) is 4.86. The van der Waals surface area contributed by atoms with Gasteiger partial charge in [-0.1, -0.05) is 140 Å². The number of para-hydroxylation sites is 3. The summed E-state index contributed by atoms with van der Waals surface area (Å²) in [7, 11) is 0. The Hall–Kier alpha value is -5.47. The zero-order valence-corrected chi connectivity index (χ0v) is 23.0. The van der Waals surface area contributed by atoms with Crippen LogP contribution in [-0.4, -0.2) is 9.55 Å². The molecule has 0 unspecified atom stereocenters. The van der Waals surface area contributed by atoms with Gasteiger partial charge in [-0.3, -0.25) is 4.57 Å². The molecule has 0 aliphatic rings. The maximum absolute atomic E-state index is 9.46. The number of aromatic nitrogens is 2. The second-order valence-electron chi connectivity index (χ2n) is 10.0. The largest absolute Gasteiger partial charge is 0.296 e. The molecule has 43 heavy (non-hydrogen) atoms. The van der Waals surface area contributed by atoms with E-state index in [0.29, 0.717) is 23.5 Å². The lowest BCUT2D eigenvalue weighted by molar-refractivity contribution is 0.909. The highest BCUT2D eigenvalue weighted by molar-refractivity contribution is 6.23. The summed E-state index contributed by atoms with van der Waals surface area (Å²) in [6.45, 7) is 1.96. The minimum atomic E-state index is -0.597. The van der Waals surface area contributed by atoms with Crippen LogP contribution in [-0.2, 0) is 6.42 Å². The predicted octanol–water partition coefficient (Wildman–Crippen LogP) is 10.9. The Labute approximate surface area is 269 Å². The van der Waals surface area contributed by atoms with Crippen LogP contribution in [0.3, 0.4) is 0 Å². The highest BCUT2D eigenvalue weighted by atomic mass is 15.1. The van der Waals surface area contributed by atoms with E-state index in [-0.39, 0.29) is 49.4 Å². The van der Waals surface area contributed by atoms with Crippen LogP contribution < -0.4 is 0 Å². The lowest BCUT2D eigenvalue weighted by Gasteiger charge is -2.21. The monoisotopic (exact) mass is 563 g/mol. The molecule has 0 saturated carbocycles. The van der Waals surface area contributed by atoms with Crippen molar-refractivity contribution in [3.63, 3.8) is 0 Å². The fourth-order valence-electron chi connectivity index (χ4n) is 5.93. The smallest absolute Gasteiger partial charge is 0.114 e. The van der Waals surface area contributed by atoms with Crippen molar-refractivity contribution in [2.45, 2.75) is 13.3 Å². The molecule has 0 fully saturated rings. The Bertz CT molecular complexity index is 2900. The molecule has 7 aromatic carbocycles. The van der Waals surface area contributed by atoms with E-state index in [1.54, 1.807) is 30.3 Å². The van der Waals surface area contributed by atoms with Gasteiger partial charge in [0.05, 0.1) is 34.5 Å². The first kappa shape index (κ1) is 15.1. The minimum Gasteiger partial charge on any atom is -0.296 e. The van der Waals surface area contributed by atoms with Crippen molar-refractivity contribution in [3.05, 3.63) is 157 Å². The Morgan fingerprint density at radius 3 is 1.72 bits per heavy atom. The molecule has 1 aromatic heterocycles. The van der Waals surface area contributed by atoms with Crippen molar-refractivity contribution in [2.24, 2.45) is 0 Å². The molecule has 0 radical (unpaired) electrons. The van der Waals surface area contributed by atoms with Gasteiger partial charge in [0.2, 0.25) is 0 Å². The molecule has 0 aliphatic heterocycles. The zero-order chi connectivity index (χ0) is 40.1. The summed E-state index contributed by atoms with van der Waals surface area (Å²) in [5, 5.41) is -0.169. The highest BCUT2D eigenvalue weighted by Crippen LogP contribution is 2.47. The van der Waals surface area contributed by atoms with Crippen molar-refractivity contribution in [2.75, 3.05) is 0 Å². The van der Waals surface area contributed by atoms with Crippen LogP contribution in [0.1, 0.15) is 30.6 Å². The molecule has 204 valence electrons. The van der Waals surface area contributed by atoms with Crippen molar-refractivity contribution in [1.29, 1.82) is 0 Å². The van der Waals surface area contributed by atoms with Crippen molar-refractivity contribution >= 4 is 32.6 Å². The summed E-state index contributed by atoms with van der Waals surface area (Å²) in [6.07, 6.45) is 0.525. The third-order valence-corrected chi connectivity index (χ3v) is 7.70. The number of aryl methyl sites for hydroxylation is 1. The van der Waals surface area contributed by atoms with Crippen LogP contribution in [0.5, 0.6) is 0 Å². The van der Waals surface area contributed by atoms with E-state index >= 15 is 0 Å². The van der Waals surface area contributed by atoms with Gasteiger partial charge in [-0.2, -0.15) is 0 Å². The molecule has 0 N–H and O–H groups in total. The van der Waals surface area contributed by atoms with Gasteiger partial charge >= 0.3 is 0 Å². The maximum Gasteiger partial charge on any atom is 0.114 e. The van der Waals surface area contributed by atoms with Gasteiger partial charge in [0.15, 0.2) is 0 Å². The number of nitrogens with zero attached hydrogens (tertiary/aromatic N) is 2. The summed E-state index contributed by atoms with van der Waals surface area (Å²) >= 11 is 0. The van der Waals surface area contributed by atoms with Gasteiger partial charge in [0.1, 0.15) is 5.82 Å². The fourth-order valence-corrected chi connectivity index (χ4v) is 5.93. The SMILES string of the molecule is [2H]c1c([2H])c([2H])c(-c2ccccc2-c2c3c([2H])c([2H])c([2H])c([2H])c3c(-c3ccccc3-n3c(CC)nc4ccccc43)c3c([2H])c([2H])c([2H])c([2H])c23)c([2H])c1[2H]. The molecule has 8 rings (SSSR count). The van der Waals surface area contributed by atoms with Gasteiger partial charge < -0.3 is 0 Å². The summed E-state index contributed by atoms with van der Waals surface area (Å²) in [5.41, 5.74) is 2.68. The van der Waals surface area contributed by atoms with Crippen LogP contribution in [0.15, 0.2) is 151 Å². The molecule has 0 saturated heterocycles. The van der Waals surface area contributed by atoms with Crippen molar-refractivity contribution in [3.8, 4) is 39.1 Å². The third kappa shape index (κ3) is 4.06. The van der Waals surface area contributed by atoms with E-state index in [1.807, 2.05) is 47.9 Å². The number of hydrogen-bond acceptors (Lipinski definition) is 1. The molecule has 0 amide bonds. The molecule has 0 aliphatic carbocycles. The number of fused-ring (bicyclic) bond motifs is 3. The second kappa shape index (κ2) is 10.4. The van der Waals surface area contributed by atoms with E-state index in [2.05, 4.69) is 0 Å². The molecule has 1 heterocycles. The summed E-state index contributed by atoms with van der Waals surface area (Å²) < 4.78 is 118. The summed E-state index contributed by atoms with van der Waals surface area (Å²) in [6, 6.07) is 14.0. The summed E-state index contributed by atoms with van der Waals surface area (Å²) in [5.74, 6) is 0.695. The van der Waals surface area contributed by atoms with E-state index in [1.165, 1.54) is 6.07 Å². The zero-order valence-electron chi connectivity index (χ0n) is 36.0. The lowest BCUT2D eigenvalue weighted by Crippen LogP contribution is -2.03. The van der Waals surface area contributed by atoms with Crippen LogP contribution >= 0.6 is 0 Å².